The lowest BCUT2D eigenvalue weighted by Crippen LogP contribution is -2.13. The minimum Gasteiger partial charge on any atom is -0.462 e. The van der Waals surface area contributed by atoms with Gasteiger partial charge in [-0.3, -0.25) is 0 Å². The first-order chi connectivity index (χ1) is 8.38. The summed E-state index contributed by atoms with van der Waals surface area (Å²) in [6.07, 6.45) is -3.02. The number of aromatic nitrogens is 1. The highest BCUT2D eigenvalue weighted by molar-refractivity contribution is 5.95. The molecule has 0 aromatic carbocycles. The lowest BCUT2D eigenvalue weighted by atomic mass is 10.1. The summed E-state index contributed by atoms with van der Waals surface area (Å²) < 4.78 is 30.1. The molecule has 8 heteroatoms. The first-order valence-corrected chi connectivity index (χ1v) is 4.99. The van der Waals surface area contributed by atoms with Crippen LogP contribution in [0.1, 0.15) is 35.0 Å². The Morgan fingerprint density at radius 1 is 1.61 bits per heavy atom. The average Bonchev–Trinajstić information content (AvgIpc) is 2.27. The lowest BCUT2D eigenvalue weighted by Gasteiger charge is -2.08. The quantitative estimate of drug-likeness (QED) is 0.471. The monoisotopic (exact) mass is 260 g/mol. The number of hydrogen-bond acceptors (Lipinski definition) is 5. The maximum Gasteiger partial charge on any atom is 0.378 e. The number of nitro groups is 1. The van der Waals surface area contributed by atoms with Gasteiger partial charge in [-0.2, -0.15) is 0 Å². The number of aryl methyl sites for hydroxylation is 1. The number of halogens is 2. The molecule has 1 rings (SSSR count). The fourth-order valence-corrected chi connectivity index (χ4v) is 1.40. The maximum absolute atomic E-state index is 12.8. The molecule has 0 amide bonds. The van der Waals surface area contributed by atoms with Crippen LogP contribution in [-0.4, -0.2) is 22.5 Å². The number of rotatable bonds is 4. The van der Waals surface area contributed by atoms with Gasteiger partial charge in [-0.1, -0.05) is 0 Å². The minimum atomic E-state index is -3.02. The second kappa shape index (κ2) is 5.48. The standard InChI is InChI=1S/C10H10F2N2O4/c1-3-18-10(15)7-6(8(11)12)4-5(2)13-9(7)14(16)17/h4,8H,3H2,1-2H3. The molecule has 0 aliphatic heterocycles. The van der Waals surface area contributed by atoms with Crippen LogP contribution in [0.25, 0.3) is 0 Å². The fourth-order valence-electron chi connectivity index (χ4n) is 1.40. The molecule has 0 N–H and O–H groups in total. The van der Waals surface area contributed by atoms with Crippen LogP contribution in [-0.2, 0) is 4.74 Å². The molecule has 0 aliphatic rings. The van der Waals surface area contributed by atoms with E-state index in [0.717, 1.165) is 6.07 Å². The van der Waals surface area contributed by atoms with E-state index in [2.05, 4.69) is 9.72 Å². The van der Waals surface area contributed by atoms with E-state index in [1.165, 1.54) is 13.8 Å². The number of nitrogens with zero attached hydrogens (tertiary/aromatic N) is 2. The molecule has 98 valence electrons. The predicted octanol–water partition coefficient (Wildman–Crippen LogP) is 2.41. The first kappa shape index (κ1) is 13.9. The van der Waals surface area contributed by atoms with Gasteiger partial charge in [-0.25, -0.2) is 13.6 Å². The number of ether oxygens (including phenoxy) is 1. The summed E-state index contributed by atoms with van der Waals surface area (Å²) in [4.78, 5) is 24.8. The zero-order valence-corrected chi connectivity index (χ0v) is 9.65. The van der Waals surface area contributed by atoms with Gasteiger partial charge >= 0.3 is 11.8 Å². The molecular formula is C10H10F2N2O4. The van der Waals surface area contributed by atoms with E-state index in [1.807, 2.05) is 0 Å². The largest absolute Gasteiger partial charge is 0.462 e. The van der Waals surface area contributed by atoms with E-state index in [4.69, 9.17) is 0 Å². The highest BCUT2D eigenvalue weighted by Crippen LogP contribution is 2.29. The second-order valence-corrected chi connectivity index (χ2v) is 3.33. The van der Waals surface area contributed by atoms with Crippen molar-refractivity contribution in [1.29, 1.82) is 0 Å². The molecule has 1 aromatic rings. The minimum absolute atomic E-state index is 0.0325. The highest BCUT2D eigenvalue weighted by atomic mass is 19.3. The Bertz CT molecular complexity index is 491. The van der Waals surface area contributed by atoms with E-state index in [9.17, 15) is 23.7 Å². The number of esters is 1. The van der Waals surface area contributed by atoms with Crippen molar-refractivity contribution >= 4 is 11.8 Å². The SMILES string of the molecule is CCOC(=O)c1c(C(F)F)cc(C)nc1[N+](=O)[O-]. The Hall–Kier alpha value is -2.12. The Morgan fingerprint density at radius 2 is 2.22 bits per heavy atom. The van der Waals surface area contributed by atoms with Gasteiger partial charge in [0, 0.05) is 12.5 Å². The molecule has 0 radical (unpaired) electrons. The van der Waals surface area contributed by atoms with Crippen molar-refractivity contribution in [3.05, 3.63) is 33.0 Å². The molecule has 1 aromatic heterocycles. The zero-order valence-electron chi connectivity index (χ0n) is 9.65. The molecule has 0 spiro atoms. The third-order valence-corrected chi connectivity index (χ3v) is 2.05. The molecule has 0 saturated heterocycles. The Balaban J connectivity index is 3.50. The summed E-state index contributed by atoms with van der Waals surface area (Å²) >= 11 is 0. The van der Waals surface area contributed by atoms with Crippen LogP contribution < -0.4 is 0 Å². The summed E-state index contributed by atoms with van der Waals surface area (Å²) in [7, 11) is 0. The lowest BCUT2D eigenvalue weighted by molar-refractivity contribution is -0.390. The van der Waals surface area contributed by atoms with E-state index >= 15 is 0 Å². The van der Waals surface area contributed by atoms with E-state index in [0.29, 0.717) is 0 Å². The van der Waals surface area contributed by atoms with Crippen molar-refractivity contribution in [3.63, 3.8) is 0 Å². The number of hydrogen-bond donors (Lipinski definition) is 0. The van der Waals surface area contributed by atoms with Crippen molar-refractivity contribution < 1.29 is 23.2 Å². The molecule has 0 fully saturated rings. The Kier molecular flexibility index (Phi) is 4.24. The molecule has 18 heavy (non-hydrogen) atoms. The van der Waals surface area contributed by atoms with Crippen molar-refractivity contribution in [1.82, 2.24) is 4.98 Å². The van der Waals surface area contributed by atoms with Gasteiger partial charge in [-0.05, 0) is 22.9 Å². The molecule has 0 bridgehead atoms. The Morgan fingerprint density at radius 3 is 2.67 bits per heavy atom. The van der Waals surface area contributed by atoms with Crippen LogP contribution in [0.4, 0.5) is 14.6 Å². The molecule has 6 nitrogen and oxygen atoms in total. The smallest absolute Gasteiger partial charge is 0.378 e. The van der Waals surface area contributed by atoms with Crippen molar-refractivity contribution in [3.8, 4) is 0 Å². The van der Waals surface area contributed by atoms with Crippen molar-refractivity contribution in [2.45, 2.75) is 20.3 Å². The van der Waals surface area contributed by atoms with E-state index < -0.39 is 34.3 Å². The van der Waals surface area contributed by atoms with Crippen LogP contribution in [0.2, 0.25) is 0 Å². The summed E-state index contributed by atoms with van der Waals surface area (Å²) in [6.45, 7) is 2.72. The fraction of sp³-hybridized carbons (Fsp3) is 0.400. The van der Waals surface area contributed by atoms with E-state index in [1.54, 1.807) is 0 Å². The van der Waals surface area contributed by atoms with Crippen LogP contribution in [0, 0.1) is 17.0 Å². The average molecular weight is 260 g/mol. The summed E-state index contributed by atoms with van der Waals surface area (Å²) in [5.74, 6) is -2.09. The summed E-state index contributed by atoms with van der Waals surface area (Å²) in [5.41, 5.74) is -1.50. The first-order valence-electron chi connectivity index (χ1n) is 4.99. The topological polar surface area (TPSA) is 82.3 Å². The van der Waals surface area contributed by atoms with Gasteiger partial charge in [0.25, 0.3) is 6.43 Å². The van der Waals surface area contributed by atoms with Crippen LogP contribution in [0.15, 0.2) is 6.07 Å². The van der Waals surface area contributed by atoms with Crippen LogP contribution in [0.5, 0.6) is 0 Å². The van der Waals surface area contributed by atoms with Gasteiger partial charge in [0.05, 0.1) is 6.61 Å². The molecule has 0 saturated carbocycles. The van der Waals surface area contributed by atoms with Gasteiger partial charge in [0.2, 0.25) is 0 Å². The van der Waals surface area contributed by atoms with Crippen LogP contribution >= 0.6 is 0 Å². The number of carbonyl (C=O) groups excluding carboxylic acids is 1. The number of alkyl halides is 2. The van der Waals surface area contributed by atoms with E-state index in [-0.39, 0.29) is 12.3 Å². The van der Waals surface area contributed by atoms with Crippen molar-refractivity contribution in [2.75, 3.05) is 6.61 Å². The zero-order chi connectivity index (χ0) is 13.9. The normalized spacial score (nSPS) is 10.5. The van der Waals surface area contributed by atoms with Crippen molar-refractivity contribution in [2.24, 2.45) is 0 Å². The third kappa shape index (κ3) is 2.76. The summed E-state index contributed by atoms with van der Waals surface area (Å²) in [5, 5.41) is 10.7. The third-order valence-electron chi connectivity index (χ3n) is 2.05. The number of pyridine rings is 1. The predicted molar refractivity (Wildman–Crippen MR) is 56.5 cm³/mol. The highest BCUT2D eigenvalue weighted by Gasteiger charge is 2.31. The molecule has 0 unspecified atom stereocenters. The molecule has 0 aliphatic carbocycles. The second-order valence-electron chi connectivity index (χ2n) is 3.33. The van der Waals surface area contributed by atoms with Gasteiger partial charge in [-0.15, -0.1) is 0 Å². The molecule has 1 heterocycles. The van der Waals surface area contributed by atoms with Gasteiger partial charge in [0.15, 0.2) is 11.3 Å². The molecule has 0 atom stereocenters. The maximum atomic E-state index is 12.8. The Labute approximate surface area is 101 Å². The molecular weight excluding hydrogens is 250 g/mol. The number of carbonyl (C=O) groups is 1. The van der Waals surface area contributed by atoms with Crippen LogP contribution in [0.3, 0.4) is 0 Å². The van der Waals surface area contributed by atoms with Gasteiger partial charge in [0.1, 0.15) is 0 Å². The summed E-state index contributed by atoms with van der Waals surface area (Å²) in [6, 6.07) is 0.934. The van der Waals surface area contributed by atoms with Gasteiger partial charge < -0.3 is 14.9 Å².